The Bertz CT molecular complexity index is 918. The van der Waals surface area contributed by atoms with E-state index in [0.29, 0.717) is 5.75 Å². The molecule has 1 N–H and O–H groups in total. The highest BCUT2D eigenvalue weighted by Crippen LogP contribution is 2.29. The lowest BCUT2D eigenvalue weighted by Gasteiger charge is -2.08. The molecule has 5 nitrogen and oxygen atoms in total. The van der Waals surface area contributed by atoms with Gasteiger partial charge in [0.05, 0.1) is 18.4 Å². The van der Waals surface area contributed by atoms with Crippen LogP contribution in [-0.4, -0.2) is 22.8 Å². The van der Waals surface area contributed by atoms with Gasteiger partial charge in [0, 0.05) is 17.8 Å². The number of aromatic nitrogens is 2. The highest BCUT2D eigenvalue weighted by atomic mass is 19.4. The zero-order chi connectivity index (χ0) is 18.7. The minimum absolute atomic E-state index is 0.0983. The summed E-state index contributed by atoms with van der Waals surface area (Å²) in [5.41, 5.74) is -0.238. The van der Waals surface area contributed by atoms with Gasteiger partial charge in [0.15, 0.2) is 5.82 Å². The molecule has 8 heteroatoms. The quantitative estimate of drug-likeness (QED) is 0.759. The Morgan fingerprint density at radius 1 is 1.12 bits per heavy atom. The second-order valence-corrected chi connectivity index (χ2v) is 5.38. The molecule has 26 heavy (non-hydrogen) atoms. The van der Waals surface area contributed by atoms with E-state index in [2.05, 4.69) is 10.4 Å². The fourth-order valence-electron chi connectivity index (χ4n) is 2.29. The largest absolute Gasteiger partial charge is 0.497 e. The van der Waals surface area contributed by atoms with Crippen LogP contribution in [0.3, 0.4) is 0 Å². The van der Waals surface area contributed by atoms with Crippen molar-refractivity contribution in [2.45, 2.75) is 6.18 Å². The average molecular weight is 361 g/mol. The molecule has 0 aliphatic carbocycles. The van der Waals surface area contributed by atoms with Gasteiger partial charge in [0.25, 0.3) is 5.91 Å². The minimum atomic E-state index is -4.51. The molecular weight excluding hydrogens is 347 g/mol. The van der Waals surface area contributed by atoms with Crippen LogP contribution < -0.4 is 10.1 Å². The van der Waals surface area contributed by atoms with Crippen LogP contribution in [0.2, 0.25) is 0 Å². The molecule has 0 bridgehead atoms. The number of hydrogen-bond acceptors (Lipinski definition) is 3. The summed E-state index contributed by atoms with van der Waals surface area (Å²) in [6.45, 7) is 0. The van der Waals surface area contributed by atoms with E-state index in [9.17, 15) is 18.0 Å². The number of halogens is 3. The SMILES string of the molecule is COc1ccc(-n2ccc(NC(=O)c3cccc(C(F)(F)F)c3)n2)cc1. The molecule has 0 unspecified atom stereocenters. The van der Waals surface area contributed by atoms with Crippen LogP contribution in [0.5, 0.6) is 5.75 Å². The average Bonchev–Trinajstić information content (AvgIpc) is 3.09. The highest BCUT2D eigenvalue weighted by Gasteiger charge is 2.30. The third kappa shape index (κ3) is 3.85. The van der Waals surface area contributed by atoms with Crippen molar-refractivity contribution in [3.05, 3.63) is 71.9 Å². The van der Waals surface area contributed by atoms with Gasteiger partial charge in [-0.1, -0.05) is 6.07 Å². The minimum Gasteiger partial charge on any atom is -0.497 e. The maximum atomic E-state index is 12.7. The van der Waals surface area contributed by atoms with Gasteiger partial charge in [-0.05, 0) is 42.5 Å². The normalized spacial score (nSPS) is 11.2. The van der Waals surface area contributed by atoms with Gasteiger partial charge in [0.2, 0.25) is 0 Å². The first-order chi connectivity index (χ1) is 12.4. The molecule has 1 amide bonds. The number of amides is 1. The Hall–Kier alpha value is -3.29. The van der Waals surface area contributed by atoms with Crippen LogP contribution >= 0.6 is 0 Å². The van der Waals surface area contributed by atoms with Crippen LogP contribution in [-0.2, 0) is 6.18 Å². The standard InChI is InChI=1S/C18H14F3N3O2/c1-26-15-7-5-14(6-8-15)24-10-9-16(23-24)22-17(25)12-3-2-4-13(11-12)18(19,20)21/h2-11H,1H3,(H,22,23,25). The summed E-state index contributed by atoms with van der Waals surface area (Å²) in [6, 6.07) is 12.9. The summed E-state index contributed by atoms with van der Waals surface area (Å²) in [6.07, 6.45) is -2.88. The second-order valence-electron chi connectivity index (χ2n) is 5.38. The number of nitrogens with zero attached hydrogens (tertiary/aromatic N) is 2. The summed E-state index contributed by atoms with van der Waals surface area (Å²) in [5.74, 6) is 0.248. The topological polar surface area (TPSA) is 56.1 Å². The third-order valence-corrected chi connectivity index (χ3v) is 3.62. The fourth-order valence-corrected chi connectivity index (χ4v) is 2.29. The predicted molar refractivity (Wildman–Crippen MR) is 89.5 cm³/mol. The zero-order valence-electron chi connectivity index (χ0n) is 13.6. The van der Waals surface area contributed by atoms with Crippen molar-refractivity contribution in [3.8, 4) is 11.4 Å². The van der Waals surface area contributed by atoms with Gasteiger partial charge >= 0.3 is 6.18 Å². The summed E-state index contributed by atoms with van der Waals surface area (Å²) < 4.78 is 44.8. The Labute approximate surface area is 147 Å². The number of rotatable bonds is 4. The van der Waals surface area contributed by atoms with Crippen LogP contribution in [0.1, 0.15) is 15.9 Å². The van der Waals surface area contributed by atoms with Gasteiger partial charge in [0.1, 0.15) is 5.75 Å². The summed E-state index contributed by atoms with van der Waals surface area (Å²) in [4.78, 5) is 12.2. The molecule has 3 rings (SSSR count). The first-order valence-electron chi connectivity index (χ1n) is 7.55. The van der Waals surface area contributed by atoms with Crippen LogP contribution in [0.4, 0.5) is 19.0 Å². The van der Waals surface area contributed by atoms with Gasteiger partial charge in [-0.3, -0.25) is 4.79 Å². The Morgan fingerprint density at radius 2 is 1.85 bits per heavy atom. The lowest BCUT2D eigenvalue weighted by atomic mass is 10.1. The number of benzene rings is 2. The van der Waals surface area contributed by atoms with E-state index in [1.54, 1.807) is 43.6 Å². The van der Waals surface area contributed by atoms with Crippen LogP contribution in [0.25, 0.3) is 5.69 Å². The number of carbonyl (C=O) groups excluding carboxylic acids is 1. The molecule has 3 aromatic rings. The molecule has 0 spiro atoms. The van der Waals surface area contributed by atoms with Crippen LogP contribution in [0.15, 0.2) is 60.8 Å². The molecule has 1 aromatic heterocycles. The molecule has 0 aliphatic heterocycles. The number of methoxy groups -OCH3 is 1. The van der Waals surface area contributed by atoms with Crippen molar-refractivity contribution < 1.29 is 22.7 Å². The molecular formula is C18H14F3N3O2. The monoisotopic (exact) mass is 361 g/mol. The molecule has 0 atom stereocenters. The Morgan fingerprint density at radius 3 is 2.50 bits per heavy atom. The van der Waals surface area contributed by atoms with Crippen molar-refractivity contribution in [2.24, 2.45) is 0 Å². The number of alkyl halides is 3. The zero-order valence-corrected chi connectivity index (χ0v) is 13.6. The predicted octanol–water partition coefficient (Wildman–Crippen LogP) is 4.15. The van der Waals surface area contributed by atoms with E-state index in [1.807, 2.05) is 0 Å². The van der Waals surface area contributed by atoms with Gasteiger partial charge < -0.3 is 10.1 Å². The molecule has 2 aromatic carbocycles. The van der Waals surface area contributed by atoms with Crippen molar-refractivity contribution in [1.29, 1.82) is 0 Å². The van der Waals surface area contributed by atoms with E-state index < -0.39 is 17.6 Å². The van der Waals surface area contributed by atoms with Crippen molar-refractivity contribution in [1.82, 2.24) is 9.78 Å². The third-order valence-electron chi connectivity index (χ3n) is 3.62. The lowest BCUT2D eigenvalue weighted by Crippen LogP contribution is -2.14. The number of carbonyl (C=O) groups is 1. The van der Waals surface area contributed by atoms with Gasteiger partial charge in [-0.15, -0.1) is 0 Å². The molecule has 0 saturated heterocycles. The molecule has 0 aliphatic rings. The first-order valence-corrected chi connectivity index (χ1v) is 7.55. The number of anilines is 1. The maximum absolute atomic E-state index is 12.7. The van der Waals surface area contributed by atoms with E-state index in [-0.39, 0.29) is 11.4 Å². The number of ether oxygens (including phenoxy) is 1. The maximum Gasteiger partial charge on any atom is 0.416 e. The van der Waals surface area contributed by atoms with E-state index in [0.717, 1.165) is 17.8 Å². The highest BCUT2D eigenvalue weighted by molar-refractivity contribution is 6.03. The summed E-state index contributed by atoms with van der Waals surface area (Å²) in [5, 5.41) is 6.68. The Balaban J connectivity index is 1.75. The van der Waals surface area contributed by atoms with Crippen molar-refractivity contribution in [3.63, 3.8) is 0 Å². The first kappa shape index (κ1) is 17.5. The molecule has 1 heterocycles. The van der Waals surface area contributed by atoms with E-state index in [4.69, 9.17) is 4.74 Å². The van der Waals surface area contributed by atoms with Crippen molar-refractivity contribution >= 4 is 11.7 Å². The molecule has 0 fully saturated rings. The van der Waals surface area contributed by atoms with Crippen LogP contribution in [0, 0.1) is 0 Å². The lowest BCUT2D eigenvalue weighted by molar-refractivity contribution is -0.137. The van der Waals surface area contributed by atoms with Gasteiger partial charge in [-0.2, -0.15) is 18.3 Å². The Kier molecular flexibility index (Phi) is 4.66. The molecule has 0 saturated carbocycles. The summed E-state index contributed by atoms with van der Waals surface area (Å²) in [7, 11) is 1.56. The number of nitrogens with one attached hydrogen (secondary N) is 1. The summed E-state index contributed by atoms with van der Waals surface area (Å²) >= 11 is 0. The molecule has 134 valence electrons. The van der Waals surface area contributed by atoms with E-state index in [1.165, 1.54) is 16.8 Å². The second kappa shape index (κ2) is 6.91. The fraction of sp³-hybridized carbons (Fsp3) is 0.111. The van der Waals surface area contributed by atoms with E-state index >= 15 is 0 Å². The molecule has 0 radical (unpaired) electrons. The van der Waals surface area contributed by atoms with Gasteiger partial charge in [-0.25, -0.2) is 4.68 Å². The number of hydrogen-bond donors (Lipinski definition) is 1. The smallest absolute Gasteiger partial charge is 0.416 e. The van der Waals surface area contributed by atoms with Crippen molar-refractivity contribution in [2.75, 3.05) is 12.4 Å².